The van der Waals surface area contributed by atoms with E-state index in [-0.39, 0.29) is 11.7 Å². The highest BCUT2D eigenvalue weighted by atomic mass is 32.2. The number of rotatable bonds is 8. The van der Waals surface area contributed by atoms with E-state index in [4.69, 9.17) is 14.7 Å². The van der Waals surface area contributed by atoms with Crippen molar-refractivity contribution in [2.75, 3.05) is 25.5 Å². The van der Waals surface area contributed by atoms with Crippen LogP contribution in [0.25, 0.3) is 10.9 Å². The maximum Gasteiger partial charge on any atom is 0.271 e. The van der Waals surface area contributed by atoms with E-state index in [1.165, 1.54) is 24.6 Å². The molecule has 0 amide bonds. The fourth-order valence-electron chi connectivity index (χ4n) is 4.33. The Morgan fingerprint density at radius 2 is 1.94 bits per heavy atom. The summed E-state index contributed by atoms with van der Waals surface area (Å²) in [5, 5.41) is 17.6. The lowest BCUT2D eigenvalue weighted by molar-refractivity contribution is 0.000542. The molecule has 182 valence electrons. The van der Waals surface area contributed by atoms with Gasteiger partial charge >= 0.3 is 0 Å². The SMILES string of the molecule is CN1CCC(OCc2cc(Nc3cc(C4CC4)[nH]n3)nc(Sc3ccc4c(=O)[nH][nH]c4c3)n2)CC1. The number of fused-ring (bicyclic) bond motifs is 1. The molecule has 35 heavy (non-hydrogen) atoms. The number of H-pyrrole nitrogens is 3. The van der Waals surface area contributed by atoms with Crippen molar-refractivity contribution in [3.63, 3.8) is 0 Å². The van der Waals surface area contributed by atoms with Gasteiger partial charge in [0.25, 0.3) is 5.56 Å². The normalized spacial score (nSPS) is 17.3. The minimum absolute atomic E-state index is 0.128. The molecule has 1 saturated carbocycles. The highest BCUT2D eigenvalue weighted by Gasteiger charge is 2.25. The first-order chi connectivity index (χ1) is 17.1. The van der Waals surface area contributed by atoms with E-state index in [2.05, 4.69) is 43.7 Å². The molecule has 2 fully saturated rings. The molecule has 11 heteroatoms. The average Bonchev–Trinajstić information content (AvgIpc) is 3.50. The first-order valence-electron chi connectivity index (χ1n) is 12.0. The second kappa shape index (κ2) is 9.48. The summed E-state index contributed by atoms with van der Waals surface area (Å²) in [5.74, 6) is 2.02. The van der Waals surface area contributed by atoms with Gasteiger partial charge in [0.15, 0.2) is 11.0 Å². The van der Waals surface area contributed by atoms with Crippen LogP contribution < -0.4 is 10.9 Å². The predicted molar refractivity (Wildman–Crippen MR) is 134 cm³/mol. The molecule has 6 rings (SSSR count). The van der Waals surface area contributed by atoms with Gasteiger partial charge in [0.2, 0.25) is 0 Å². The number of piperidine rings is 1. The summed E-state index contributed by atoms with van der Waals surface area (Å²) in [6.45, 7) is 2.53. The van der Waals surface area contributed by atoms with Crippen LogP contribution >= 0.6 is 11.8 Å². The molecule has 4 aromatic rings. The minimum Gasteiger partial charge on any atom is -0.372 e. The topological polar surface area (TPSA) is 128 Å². The van der Waals surface area contributed by atoms with Crippen molar-refractivity contribution >= 4 is 34.3 Å². The lowest BCUT2D eigenvalue weighted by Gasteiger charge is -2.28. The molecule has 10 nitrogen and oxygen atoms in total. The maximum atomic E-state index is 11.8. The number of aromatic nitrogens is 6. The van der Waals surface area contributed by atoms with Crippen LogP contribution in [0.3, 0.4) is 0 Å². The Balaban J connectivity index is 1.23. The smallest absolute Gasteiger partial charge is 0.271 e. The molecule has 2 aliphatic rings. The summed E-state index contributed by atoms with van der Waals surface area (Å²) in [7, 11) is 2.15. The quantitative estimate of drug-likeness (QED) is 0.274. The Kier molecular flexibility index (Phi) is 6.05. The molecule has 0 unspecified atom stereocenters. The van der Waals surface area contributed by atoms with Gasteiger partial charge in [0.1, 0.15) is 5.82 Å². The van der Waals surface area contributed by atoms with Gasteiger partial charge in [-0.1, -0.05) is 0 Å². The third-order valence-electron chi connectivity index (χ3n) is 6.52. The van der Waals surface area contributed by atoms with Crippen LogP contribution in [-0.2, 0) is 11.3 Å². The largest absolute Gasteiger partial charge is 0.372 e. The summed E-state index contributed by atoms with van der Waals surface area (Å²) in [4.78, 5) is 24.6. The van der Waals surface area contributed by atoms with E-state index in [1.54, 1.807) is 0 Å². The van der Waals surface area contributed by atoms with Crippen molar-refractivity contribution in [3.8, 4) is 0 Å². The molecule has 1 aromatic carbocycles. The first kappa shape index (κ1) is 22.3. The molecular formula is C24H28N8O2S. The number of likely N-dealkylation sites (tertiary alicyclic amines) is 1. The van der Waals surface area contributed by atoms with Gasteiger partial charge in [-0.15, -0.1) is 0 Å². The summed E-state index contributed by atoms with van der Waals surface area (Å²) in [5.41, 5.74) is 2.61. The molecule has 1 aliphatic carbocycles. The molecule has 3 aromatic heterocycles. The second-order valence-corrected chi connectivity index (χ2v) is 10.4. The number of benzene rings is 1. The number of hydrogen-bond acceptors (Lipinski definition) is 8. The fourth-order valence-corrected chi connectivity index (χ4v) is 5.16. The zero-order valence-electron chi connectivity index (χ0n) is 19.5. The van der Waals surface area contributed by atoms with Gasteiger partial charge in [-0.3, -0.25) is 20.1 Å². The molecule has 1 aliphatic heterocycles. The van der Waals surface area contributed by atoms with Crippen LogP contribution in [0, 0.1) is 0 Å². The van der Waals surface area contributed by atoms with E-state index >= 15 is 0 Å². The van der Waals surface area contributed by atoms with E-state index in [0.717, 1.165) is 53.5 Å². The van der Waals surface area contributed by atoms with Crippen LogP contribution in [0.4, 0.5) is 11.6 Å². The number of nitrogens with zero attached hydrogens (tertiary/aromatic N) is 4. The Bertz CT molecular complexity index is 1380. The number of hydrogen-bond donors (Lipinski definition) is 4. The van der Waals surface area contributed by atoms with Crippen LogP contribution in [0.15, 0.2) is 45.2 Å². The van der Waals surface area contributed by atoms with Crippen molar-refractivity contribution in [3.05, 3.63) is 52.1 Å². The predicted octanol–water partition coefficient (Wildman–Crippen LogP) is 3.75. The molecule has 1 saturated heterocycles. The van der Waals surface area contributed by atoms with E-state index in [1.807, 2.05) is 24.3 Å². The summed E-state index contributed by atoms with van der Waals surface area (Å²) < 4.78 is 6.21. The van der Waals surface area contributed by atoms with Gasteiger partial charge in [-0.25, -0.2) is 9.97 Å². The van der Waals surface area contributed by atoms with Gasteiger partial charge in [-0.05, 0) is 62.7 Å². The maximum absolute atomic E-state index is 11.8. The van der Waals surface area contributed by atoms with E-state index < -0.39 is 0 Å². The summed E-state index contributed by atoms with van der Waals surface area (Å²) in [6.07, 6.45) is 4.73. The van der Waals surface area contributed by atoms with Crippen LogP contribution in [-0.4, -0.2) is 61.5 Å². The van der Waals surface area contributed by atoms with Crippen LogP contribution in [0.5, 0.6) is 0 Å². The molecule has 4 N–H and O–H groups in total. The van der Waals surface area contributed by atoms with Gasteiger partial charge in [0, 0.05) is 41.7 Å². The van der Waals surface area contributed by atoms with Crippen LogP contribution in [0.1, 0.15) is 43.0 Å². The third kappa shape index (κ3) is 5.26. The number of anilines is 2. The molecule has 0 spiro atoms. The van der Waals surface area contributed by atoms with Crippen molar-refractivity contribution < 1.29 is 4.74 Å². The summed E-state index contributed by atoms with van der Waals surface area (Å²) >= 11 is 1.44. The monoisotopic (exact) mass is 492 g/mol. The van der Waals surface area contributed by atoms with Crippen molar-refractivity contribution in [2.45, 2.75) is 54.4 Å². The molecule has 4 heterocycles. The Hall–Kier alpha value is -3.15. The lowest BCUT2D eigenvalue weighted by Crippen LogP contribution is -2.34. The first-order valence-corrected chi connectivity index (χ1v) is 12.8. The second-order valence-electron chi connectivity index (χ2n) is 9.34. The number of aromatic amines is 3. The molecule has 0 bridgehead atoms. The van der Waals surface area contributed by atoms with Gasteiger partial charge in [-0.2, -0.15) is 5.10 Å². The standard InChI is InChI=1S/C24H28N8O2S/c1-32-8-6-16(7-9-32)34-13-15-10-21(26-22-12-19(28-30-22)14-2-3-14)27-24(25-15)35-17-4-5-18-20(11-17)29-31-23(18)33/h4-5,10-12,14,16H,2-3,6-9,13H2,1H3,(H2,29,31,33)(H2,25,26,27,28,30). The van der Waals surface area contributed by atoms with Gasteiger partial charge < -0.3 is 15.0 Å². The zero-order chi connectivity index (χ0) is 23.8. The number of nitrogens with one attached hydrogen (secondary N) is 4. The van der Waals surface area contributed by atoms with Crippen molar-refractivity contribution in [1.82, 2.24) is 35.3 Å². The fraction of sp³-hybridized carbons (Fsp3) is 0.417. The highest BCUT2D eigenvalue weighted by Crippen LogP contribution is 2.39. The Labute approximate surface area is 206 Å². The molecule has 0 radical (unpaired) electrons. The molecule has 0 atom stereocenters. The Morgan fingerprint density at radius 3 is 2.77 bits per heavy atom. The van der Waals surface area contributed by atoms with Crippen LogP contribution in [0.2, 0.25) is 0 Å². The van der Waals surface area contributed by atoms with Crippen molar-refractivity contribution in [2.24, 2.45) is 0 Å². The molecular weight excluding hydrogens is 464 g/mol. The van der Waals surface area contributed by atoms with Gasteiger partial charge in [0.05, 0.1) is 29.3 Å². The van der Waals surface area contributed by atoms with Crippen molar-refractivity contribution in [1.29, 1.82) is 0 Å². The highest BCUT2D eigenvalue weighted by molar-refractivity contribution is 7.99. The summed E-state index contributed by atoms with van der Waals surface area (Å²) in [6, 6.07) is 9.62. The average molecular weight is 493 g/mol. The number of ether oxygens (including phenoxy) is 1. The minimum atomic E-state index is -0.128. The lowest BCUT2D eigenvalue weighted by atomic mass is 10.1. The third-order valence-corrected chi connectivity index (χ3v) is 7.37. The van der Waals surface area contributed by atoms with E-state index in [9.17, 15) is 4.79 Å². The zero-order valence-corrected chi connectivity index (χ0v) is 20.3. The van der Waals surface area contributed by atoms with E-state index in [0.29, 0.717) is 28.9 Å². The Morgan fingerprint density at radius 1 is 1.09 bits per heavy atom.